The molecular weight excluding hydrogens is 356 g/mol. The predicted octanol–water partition coefficient (Wildman–Crippen LogP) is 4.80. The van der Waals surface area contributed by atoms with Crippen LogP contribution < -0.4 is 9.47 Å². The molecule has 0 saturated carbocycles. The normalized spacial score (nSPS) is 11.0. The molecule has 0 aliphatic rings. The Bertz CT molecular complexity index is 905. The van der Waals surface area contributed by atoms with Gasteiger partial charge in [-0.3, -0.25) is 10.1 Å². The number of benzene rings is 2. The van der Waals surface area contributed by atoms with E-state index < -0.39 is 16.4 Å². The van der Waals surface area contributed by atoms with Crippen molar-refractivity contribution in [2.75, 3.05) is 7.11 Å². The Balaban J connectivity index is 2.39. The van der Waals surface area contributed by atoms with Crippen LogP contribution in [-0.4, -0.2) is 12.0 Å². The molecule has 140 valence electrons. The molecule has 0 aliphatic carbocycles. The summed E-state index contributed by atoms with van der Waals surface area (Å²) < 4.78 is 38.6. The maximum Gasteiger partial charge on any atom is 0.266 e. The summed E-state index contributed by atoms with van der Waals surface area (Å²) in [5, 5.41) is 10.7. The highest BCUT2D eigenvalue weighted by Crippen LogP contribution is 2.35. The molecular formula is C20H17F2NO4. The molecule has 0 atom stereocenters. The predicted molar refractivity (Wildman–Crippen MR) is 97.2 cm³/mol. The van der Waals surface area contributed by atoms with Gasteiger partial charge in [0.2, 0.25) is 5.75 Å². The summed E-state index contributed by atoms with van der Waals surface area (Å²) in [7, 11) is 1.34. The first kappa shape index (κ1) is 19.8. The molecule has 0 amide bonds. The summed E-state index contributed by atoms with van der Waals surface area (Å²) in [4.78, 5) is 10.0. The number of hydrogen-bond donors (Lipinski definition) is 0. The Labute approximate surface area is 155 Å². The molecule has 0 saturated heterocycles. The zero-order chi connectivity index (χ0) is 20.0. The molecule has 0 N–H and O–H groups in total. The molecule has 0 aliphatic heterocycles. The van der Waals surface area contributed by atoms with Crippen molar-refractivity contribution in [3.63, 3.8) is 0 Å². The molecule has 5 nitrogen and oxygen atoms in total. The van der Waals surface area contributed by atoms with E-state index in [9.17, 15) is 18.9 Å². The average molecular weight is 373 g/mol. The van der Waals surface area contributed by atoms with Gasteiger partial charge in [-0.05, 0) is 42.0 Å². The number of hydrogen-bond acceptors (Lipinski definition) is 4. The summed E-state index contributed by atoms with van der Waals surface area (Å²) in [6, 6.07) is 8.72. The van der Waals surface area contributed by atoms with E-state index in [2.05, 4.69) is 13.2 Å². The van der Waals surface area contributed by atoms with Gasteiger partial charge in [0.15, 0.2) is 11.6 Å². The van der Waals surface area contributed by atoms with E-state index in [0.717, 1.165) is 6.08 Å². The largest absolute Gasteiger partial charge is 0.493 e. The SMILES string of the molecule is C=C/C(=C\C(=C)[N+](=O)[O-])Oc1c(OC)ccc(Cc2ccc(F)cc2)c1F. The van der Waals surface area contributed by atoms with Crippen LogP contribution in [0.2, 0.25) is 0 Å². The number of halogens is 2. The minimum Gasteiger partial charge on any atom is -0.493 e. The third-order valence-electron chi connectivity index (χ3n) is 3.63. The molecule has 2 aromatic carbocycles. The fraction of sp³-hybridized carbons (Fsp3) is 0.100. The van der Waals surface area contributed by atoms with Crippen molar-refractivity contribution in [3.05, 3.63) is 106 Å². The Morgan fingerprint density at radius 1 is 1.22 bits per heavy atom. The monoisotopic (exact) mass is 373 g/mol. The van der Waals surface area contributed by atoms with E-state index in [4.69, 9.17) is 9.47 Å². The van der Waals surface area contributed by atoms with Gasteiger partial charge in [0.25, 0.3) is 5.70 Å². The zero-order valence-electron chi connectivity index (χ0n) is 14.6. The maximum atomic E-state index is 15.0. The maximum absolute atomic E-state index is 15.0. The summed E-state index contributed by atoms with van der Waals surface area (Å²) in [5.74, 6) is -1.27. The first-order valence-corrected chi connectivity index (χ1v) is 7.80. The summed E-state index contributed by atoms with van der Waals surface area (Å²) in [6.07, 6.45) is 2.42. The van der Waals surface area contributed by atoms with Crippen LogP contribution in [0.4, 0.5) is 8.78 Å². The van der Waals surface area contributed by atoms with Crippen LogP contribution in [0.3, 0.4) is 0 Å². The highest BCUT2D eigenvalue weighted by molar-refractivity contribution is 5.47. The third kappa shape index (κ3) is 5.01. The van der Waals surface area contributed by atoms with Gasteiger partial charge in [0.05, 0.1) is 18.1 Å². The fourth-order valence-electron chi connectivity index (χ4n) is 2.26. The second-order valence-corrected chi connectivity index (χ2v) is 5.47. The second kappa shape index (κ2) is 8.75. The van der Waals surface area contributed by atoms with E-state index in [1.807, 2.05) is 0 Å². The van der Waals surface area contributed by atoms with Gasteiger partial charge in [0.1, 0.15) is 11.6 Å². The lowest BCUT2D eigenvalue weighted by Gasteiger charge is -2.14. The van der Waals surface area contributed by atoms with Gasteiger partial charge >= 0.3 is 0 Å². The summed E-state index contributed by atoms with van der Waals surface area (Å²) >= 11 is 0. The van der Waals surface area contributed by atoms with Gasteiger partial charge in [-0.1, -0.05) is 24.8 Å². The van der Waals surface area contributed by atoms with Gasteiger partial charge in [-0.2, -0.15) is 0 Å². The van der Waals surface area contributed by atoms with Crippen LogP contribution in [0.15, 0.2) is 73.2 Å². The molecule has 0 aromatic heterocycles. The smallest absolute Gasteiger partial charge is 0.266 e. The molecule has 2 rings (SSSR count). The van der Waals surface area contributed by atoms with Crippen molar-refractivity contribution in [2.24, 2.45) is 0 Å². The molecule has 27 heavy (non-hydrogen) atoms. The molecule has 0 bridgehead atoms. The number of nitro groups is 1. The molecule has 2 aromatic rings. The van der Waals surface area contributed by atoms with E-state index in [0.29, 0.717) is 5.56 Å². The number of rotatable bonds is 8. The van der Waals surface area contributed by atoms with Crippen LogP contribution >= 0.6 is 0 Å². The van der Waals surface area contributed by atoms with Crippen molar-refractivity contribution < 1.29 is 23.2 Å². The standard InChI is InChI=1S/C20H17F2NO4/c1-4-17(11-13(2)23(24)25)27-20-18(26-3)10-7-15(19(20)22)12-14-5-8-16(21)9-6-14/h4-11H,1-2,12H2,3H3/b17-11+. The highest BCUT2D eigenvalue weighted by Gasteiger charge is 2.18. The second-order valence-electron chi connectivity index (χ2n) is 5.47. The quantitative estimate of drug-likeness (QED) is 0.289. The number of nitrogens with zero attached hydrogens (tertiary/aromatic N) is 1. The molecule has 0 fully saturated rings. The van der Waals surface area contributed by atoms with Gasteiger partial charge in [-0.15, -0.1) is 0 Å². The van der Waals surface area contributed by atoms with Crippen LogP contribution in [0.5, 0.6) is 11.5 Å². The first-order chi connectivity index (χ1) is 12.8. The molecule has 0 radical (unpaired) electrons. The van der Waals surface area contributed by atoms with Gasteiger partial charge in [0, 0.05) is 6.42 Å². The molecule has 7 heteroatoms. The van der Waals surface area contributed by atoms with Gasteiger partial charge in [-0.25, -0.2) is 8.78 Å². The van der Waals surface area contributed by atoms with Crippen molar-refractivity contribution >= 4 is 0 Å². The lowest BCUT2D eigenvalue weighted by atomic mass is 10.0. The average Bonchev–Trinajstić information content (AvgIpc) is 2.65. The molecule has 0 unspecified atom stereocenters. The van der Waals surface area contributed by atoms with Crippen LogP contribution in [-0.2, 0) is 6.42 Å². The third-order valence-corrected chi connectivity index (χ3v) is 3.63. The van der Waals surface area contributed by atoms with E-state index >= 15 is 0 Å². The Kier molecular flexibility index (Phi) is 6.43. The minimum absolute atomic E-state index is 0.0622. The Morgan fingerprint density at radius 3 is 2.44 bits per heavy atom. The number of allylic oxidation sites excluding steroid dienone is 2. The van der Waals surface area contributed by atoms with Crippen molar-refractivity contribution in [3.8, 4) is 11.5 Å². The Morgan fingerprint density at radius 2 is 1.89 bits per heavy atom. The fourth-order valence-corrected chi connectivity index (χ4v) is 2.26. The van der Waals surface area contributed by atoms with Crippen molar-refractivity contribution in [2.45, 2.75) is 6.42 Å². The van der Waals surface area contributed by atoms with Crippen molar-refractivity contribution in [1.29, 1.82) is 0 Å². The van der Waals surface area contributed by atoms with E-state index in [1.54, 1.807) is 12.1 Å². The summed E-state index contributed by atoms with van der Waals surface area (Å²) in [6.45, 7) is 6.77. The van der Waals surface area contributed by atoms with Crippen LogP contribution in [0.1, 0.15) is 11.1 Å². The van der Waals surface area contributed by atoms with Crippen LogP contribution in [0.25, 0.3) is 0 Å². The van der Waals surface area contributed by atoms with Crippen molar-refractivity contribution in [1.82, 2.24) is 0 Å². The first-order valence-electron chi connectivity index (χ1n) is 7.80. The Hall–Kier alpha value is -3.48. The number of ether oxygens (including phenoxy) is 2. The number of methoxy groups -OCH3 is 1. The lowest BCUT2D eigenvalue weighted by Crippen LogP contribution is -2.03. The highest BCUT2D eigenvalue weighted by atomic mass is 19.1. The zero-order valence-corrected chi connectivity index (χ0v) is 14.6. The minimum atomic E-state index is -0.703. The topological polar surface area (TPSA) is 61.6 Å². The van der Waals surface area contributed by atoms with E-state index in [1.165, 1.54) is 37.5 Å². The van der Waals surface area contributed by atoms with Crippen LogP contribution in [0, 0.1) is 21.7 Å². The molecule has 0 heterocycles. The lowest BCUT2D eigenvalue weighted by molar-refractivity contribution is -0.418. The summed E-state index contributed by atoms with van der Waals surface area (Å²) in [5.41, 5.74) is 0.549. The van der Waals surface area contributed by atoms with E-state index in [-0.39, 0.29) is 35.1 Å². The van der Waals surface area contributed by atoms with Gasteiger partial charge < -0.3 is 9.47 Å². The molecule has 0 spiro atoms.